The van der Waals surface area contributed by atoms with Crippen LogP contribution in [0.15, 0.2) is 24.3 Å². The lowest BCUT2D eigenvalue weighted by Gasteiger charge is -2.27. The van der Waals surface area contributed by atoms with Crippen LogP contribution in [0, 0.1) is 0 Å². The Labute approximate surface area is 466 Å². The molecule has 0 bridgehead atoms. The molecule has 0 saturated heterocycles. The molecule has 0 spiro atoms. The first-order valence-corrected chi connectivity index (χ1v) is 34.2. The first kappa shape index (κ1) is 73.5. The van der Waals surface area contributed by atoms with Gasteiger partial charge in [0.2, 0.25) is 5.91 Å². The number of hydrogen-bond acceptors (Lipinski definition) is 6. The van der Waals surface area contributed by atoms with Gasteiger partial charge in [-0.3, -0.25) is 18.6 Å². The number of rotatable bonds is 60. The van der Waals surface area contributed by atoms with Crippen molar-refractivity contribution in [2.45, 2.75) is 341 Å². The molecule has 444 valence electrons. The van der Waals surface area contributed by atoms with Crippen molar-refractivity contribution in [2.75, 3.05) is 40.9 Å². The van der Waals surface area contributed by atoms with Crippen LogP contribution in [0.5, 0.6) is 0 Å². The Morgan fingerprint density at radius 1 is 0.453 bits per heavy atom. The van der Waals surface area contributed by atoms with Gasteiger partial charge in [0.1, 0.15) is 19.3 Å². The molecular weight excluding hydrogens is 952 g/mol. The molecule has 3 atom stereocenters. The van der Waals surface area contributed by atoms with Crippen LogP contribution in [-0.4, -0.2) is 74.3 Å². The lowest BCUT2D eigenvalue weighted by molar-refractivity contribution is -0.870. The molecule has 75 heavy (non-hydrogen) atoms. The normalized spacial score (nSPS) is 13.7. The molecule has 0 aliphatic heterocycles. The highest BCUT2D eigenvalue weighted by Gasteiger charge is 2.30. The number of phosphoric ester groups is 1. The van der Waals surface area contributed by atoms with Crippen LogP contribution in [0.3, 0.4) is 0 Å². The van der Waals surface area contributed by atoms with E-state index in [1.54, 1.807) is 0 Å². The minimum absolute atomic E-state index is 0.0415. The maximum atomic E-state index is 13.5. The maximum Gasteiger partial charge on any atom is 0.472 e. The van der Waals surface area contributed by atoms with Crippen molar-refractivity contribution in [2.24, 2.45) is 0 Å². The number of amides is 1. The van der Waals surface area contributed by atoms with Gasteiger partial charge in [0.15, 0.2) is 0 Å². The summed E-state index contributed by atoms with van der Waals surface area (Å²) in [5.74, 6) is -0.508. The molecule has 0 radical (unpaired) electrons. The van der Waals surface area contributed by atoms with E-state index in [9.17, 15) is 19.0 Å². The molecule has 2 N–H and O–H groups in total. The van der Waals surface area contributed by atoms with Gasteiger partial charge in [-0.05, 0) is 57.4 Å². The van der Waals surface area contributed by atoms with E-state index in [1.165, 1.54) is 225 Å². The summed E-state index contributed by atoms with van der Waals surface area (Å²) < 4.78 is 30.7. The van der Waals surface area contributed by atoms with Crippen LogP contribution in [-0.2, 0) is 27.9 Å². The molecular formula is C65H128N2O7P+. The molecule has 10 heteroatoms. The van der Waals surface area contributed by atoms with Crippen LogP contribution in [0.4, 0.5) is 0 Å². The van der Waals surface area contributed by atoms with Crippen molar-refractivity contribution in [1.29, 1.82) is 0 Å². The van der Waals surface area contributed by atoms with E-state index in [2.05, 4.69) is 38.2 Å². The summed E-state index contributed by atoms with van der Waals surface area (Å²) >= 11 is 0. The number of carbonyl (C=O) groups excluding carboxylic acids is 2. The Hall–Kier alpha value is -1.51. The molecule has 9 nitrogen and oxygen atoms in total. The fourth-order valence-corrected chi connectivity index (χ4v) is 10.6. The molecule has 0 aromatic rings. The number of unbranched alkanes of at least 4 members (excludes halogenated alkanes) is 42. The van der Waals surface area contributed by atoms with Gasteiger partial charge in [-0.15, -0.1) is 0 Å². The summed E-state index contributed by atoms with van der Waals surface area (Å²) in [6.45, 7) is 7.03. The van der Waals surface area contributed by atoms with Crippen molar-refractivity contribution in [3.63, 3.8) is 0 Å². The van der Waals surface area contributed by atoms with Crippen molar-refractivity contribution < 1.29 is 37.3 Å². The number of ether oxygens (including phenoxy) is 1. The first-order chi connectivity index (χ1) is 36.4. The fourth-order valence-electron chi connectivity index (χ4n) is 9.82. The molecule has 0 aromatic carbocycles. The van der Waals surface area contributed by atoms with E-state index in [0.717, 1.165) is 70.6 Å². The standard InChI is InChI=1S/C65H127N2O7P/c1-7-10-13-16-19-22-25-27-28-29-30-31-32-33-34-35-36-37-38-40-42-45-48-51-54-57-64(68)66-62(61-73-75(70,71)72-60-59-67(4,5)6)63(56-53-50-47-44-41-24-21-18-15-12-9-3)74-65(69)58-55-52-49-46-43-39-26-23-20-17-14-11-8-2/h39,43,53,56,62-63H,7-38,40-42,44-52,54-55,57-61H2,1-6H3,(H-,66,68,70,71)/p+1/b43-39-,56-53-. The van der Waals surface area contributed by atoms with E-state index < -0.39 is 20.0 Å². The molecule has 0 aromatic heterocycles. The van der Waals surface area contributed by atoms with Crippen LogP contribution in [0.1, 0.15) is 329 Å². The average molecular weight is 1080 g/mol. The number of likely N-dealkylation sites (N-methyl/N-ethyl adjacent to an activating group) is 1. The van der Waals surface area contributed by atoms with Gasteiger partial charge in [-0.1, -0.05) is 283 Å². The van der Waals surface area contributed by atoms with E-state index in [4.69, 9.17) is 13.8 Å². The molecule has 3 unspecified atom stereocenters. The van der Waals surface area contributed by atoms with Gasteiger partial charge < -0.3 is 19.4 Å². The molecule has 0 rings (SSSR count). The lowest BCUT2D eigenvalue weighted by atomic mass is 10.0. The highest BCUT2D eigenvalue weighted by Crippen LogP contribution is 2.43. The molecule has 0 fully saturated rings. The van der Waals surface area contributed by atoms with E-state index >= 15 is 0 Å². The predicted molar refractivity (Wildman–Crippen MR) is 323 cm³/mol. The average Bonchev–Trinajstić information content (AvgIpc) is 3.37. The maximum absolute atomic E-state index is 13.5. The number of nitrogens with one attached hydrogen (secondary N) is 1. The summed E-state index contributed by atoms with van der Waals surface area (Å²) in [4.78, 5) is 37.7. The van der Waals surface area contributed by atoms with Crippen molar-refractivity contribution in [3.05, 3.63) is 24.3 Å². The topological polar surface area (TPSA) is 111 Å². The Bertz CT molecular complexity index is 1340. The van der Waals surface area contributed by atoms with Crippen LogP contribution in [0.25, 0.3) is 0 Å². The Morgan fingerprint density at radius 2 is 0.773 bits per heavy atom. The molecule has 0 heterocycles. The third kappa shape index (κ3) is 57.0. The number of esters is 1. The Balaban J connectivity index is 5.00. The number of carbonyl (C=O) groups is 2. The monoisotopic (exact) mass is 1080 g/mol. The zero-order chi connectivity index (χ0) is 55.0. The van der Waals surface area contributed by atoms with Crippen LogP contribution >= 0.6 is 7.82 Å². The van der Waals surface area contributed by atoms with Crippen molar-refractivity contribution in [1.82, 2.24) is 5.32 Å². The number of allylic oxidation sites excluding steroid dienone is 3. The molecule has 1 amide bonds. The lowest BCUT2D eigenvalue weighted by Crippen LogP contribution is -2.47. The van der Waals surface area contributed by atoms with Gasteiger partial charge >= 0.3 is 13.8 Å². The summed E-state index contributed by atoms with van der Waals surface area (Å²) in [5, 5.41) is 3.06. The molecule has 0 saturated carbocycles. The largest absolute Gasteiger partial charge is 0.472 e. The summed E-state index contributed by atoms with van der Waals surface area (Å²) in [6.07, 6.45) is 66.2. The zero-order valence-corrected chi connectivity index (χ0v) is 51.7. The predicted octanol–water partition coefficient (Wildman–Crippen LogP) is 20.1. The third-order valence-electron chi connectivity index (χ3n) is 14.9. The quantitative estimate of drug-likeness (QED) is 0.0205. The second-order valence-electron chi connectivity index (χ2n) is 23.6. The summed E-state index contributed by atoms with van der Waals surface area (Å²) in [5.41, 5.74) is 0. The first-order valence-electron chi connectivity index (χ1n) is 32.7. The Morgan fingerprint density at radius 3 is 1.15 bits per heavy atom. The smallest absolute Gasteiger partial charge is 0.456 e. The van der Waals surface area contributed by atoms with Crippen molar-refractivity contribution in [3.8, 4) is 0 Å². The van der Waals surface area contributed by atoms with Gasteiger partial charge in [0, 0.05) is 12.8 Å². The van der Waals surface area contributed by atoms with Gasteiger partial charge in [-0.25, -0.2) is 4.57 Å². The minimum atomic E-state index is -4.44. The molecule has 0 aliphatic rings. The van der Waals surface area contributed by atoms with Crippen molar-refractivity contribution >= 4 is 19.7 Å². The van der Waals surface area contributed by atoms with E-state index in [1.807, 2.05) is 33.3 Å². The van der Waals surface area contributed by atoms with Gasteiger partial charge in [0.05, 0.1) is 33.8 Å². The third-order valence-corrected chi connectivity index (χ3v) is 15.9. The summed E-state index contributed by atoms with van der Waals surface area (Å²) in [7, 11) is 1.50. The number of hydrogen-bond donors (Lipinski definition) is 2. The number of phosphoric acid groups is 1. The van der Waals surface area contributed by atoms with E-state index in [0.29, 0.717) is 17.4 Å². The summed E-state index contributed by atoms with van der Waals surface area (Å²) in [6, 6.07) is -0.848. The highest BCUT2D eigenvalue weighted by molar-refractivity contribution is 7.47. The second-order valence-corrected chi connectivity index (χ2v) is 25.1. The van der Waals surface area contributed by atoms with Gasteiger partial charge in [-0.2, -0.15) is 0 Å². The zero-order valence-electron chi connectivity index (χ0n) is 50.8. The van der Waals surface area contributed by atoms with Gasteiger partial charge in [0.25, 0.3) is 0 Å². The minimum Gasteiger partial charge on any atom is -0.456 e. The van der Waals surface area contributed by atoms with E-state index in [-0.39, 0.29) is 31.5 Å². The molecule has 0 aliphatic carbocycles. The highest BCUT2D eigenvalue weighted by atomic mass is 31.2. The number of quaternary nitrogens is 1. The van der Waals surface area contributed by atoms with Crippen LogP contribution in [0.2, 0.25) is 0 Å². The van der Waals surface area contributed by atoms with Crippen LogP contribution < -0.4 is 5.32 Å². The fraction of sp³-hybridized carbons (Fsp3) is 0.908. The second kappa shape index (κ2) is 55.8. The number of nitrogens with zero attached hydrogens (tertiary/aromatic N) is 1. The Kier molecular flexibility index (Phi) is 54.7. The SMILES string of the molecule is CCCCCCCC/C=C\CCCCCC(=O)OC(/C=C\CCCCCCCCCCC)C(COP(=O)(O)OCC[N+](C)(C)C)NC(=O)CCCCCCCCCCCCCCCCCCCCCCCCCCC.